The second-order valence-corrected chi connectivity index (χ2v) is 5.34. The summed E-state index contributed by atoms with van der Waals surface area (Å²) in [7, 11) is 3.81. The molecule has 2 N–H and O–H groups in total. The van der Waals surface area contributed by atoms with Crippen molar-refractivity contribution in [2.45, 2.75) is 19.3 Å². The van der Waals surface area contributed by atoms with Gasteiger partial charge in [-0.05, 0) is 49.4 Å². The molecule has 0 aliphatic carbocycles. The van der Waals surface area contributed by atoms with Crippen molar-refractivity contribution in [3.05, 3.63) is 22.7 Å². The van der Waals surface area contributed by atoms with Gasteiger partial charge in [-0.2, -0.15) is 0 Å². The van der Waals surface area contributed by atoms with E-state index in [1.807, 2.05) is 12.1 Å². The summed E-state index contributed by atoms with van der Waals surface area (Å²) in [5.41, 5.74) is 8.03. The molecule has 1 aromatic rings. The van der Waals surface area contributed by atoms with Crippen molar-refractivity contribution < 1.29 is 4.74 Å². The van der Waals surface area contributed by atoms with Crippen LogP contribution in [-0.2, 0) is 6.42 Å². The molecule has 1 aromatic carbocycles. The molecule has 0 amide bonds. The lowest BCUT2D eigenvalue weighted by Gasteiger charge is -2.22. The zero-order chi connectivity index (χ0) is 13.1. The molecule has 2 rings (SSSR count). The van der Waals surface area contributed by atoms with E-state index in [1.54, 1.807) is 7.11 Å². The van der Waals surface area contributed by atoms with Crippen LogP contribution in [-0.4, -0.2) is 27.2 Å². The van der Waals surface area contributed by atoms with Crippen molar-refractivity contribution in [3.8, 4) is 5.75 Å². The van der Waals surface area contributed by atoms with Crippen molar-refractivity contribution in [1.82, 2.24) is 0 Å². The Labute approximate surface area is 114 Å². The van der Waals surface area contributed by atoms with E-state index in [4.69, 9.17) is 22.1 Å². The molecule has 0 spiro atoms. The molecule has 0 fully saturated rings. The minimum atomic E-state index is 0.614. The average Bonchev–Trinajstić information content (AvgIpc) is 2.52. The topological polar surface area (TPSA) is 38.5 Å². The highest BCUT2D eigenvalue weighted by atomic mass is 35.5. The highest BCUT2D eigenvalue weighted by Gasteiger charge is 2.24. The number of ether oxygens (including phenoxy) is 1. The first-order valence-electron chi connectivity index (χ1n) is 6.44. The Hall–Kier alpha value is -0.930. The summed E-state index contributed by atoms with van der Waals surface area (Å²) in [6, 6.07) is 3.87. The smallest absolute Gasteiger partial charge is 0.142 e. The first-order chi connectivity index (χ1) is 8.67. The van der Waals surface area contributed by atoms with Crippen molar-refractivity contribution in [3.63, 3.8) is 0 Å². The molecule has 0 saturated carbocycles. The number of halogens is 1. The summed E-state index contributed by atoms with van der Waals surface area (Å²) in [6.45, 7) is 1.76. The van der Waals surface area contributed by atoms with E-state index in [1.165, 1.54) is 5.56 Å². The zero-order valence-electron chi connectivity index (χ0n) is 11.1. The summed E-state index contributed by atoms with van der Waals surface area (Å²) in [4.78, 5) is 2.25. The van der Waals surface area contributed by atoms with Gasteiger partial charge in [0.1, 0.15) is 5.75 Å². The number of hydrogen-bond acceptors (Lipinski definition) is 3. The Bertz CT molecular complexity index is 423. The molecule has 4 heteroatoms. The highest BCUT2D eigenvalue weighted by Crippen LogP contribution is 2.40. The average molecular weight is 269 g/mol. The fourth-order valence-electron chi connectivity index (χ4n) is 2.73. The largest absolute Gasteiger partial charge is 0.495 e. The Morgan fingerprint density at radius 3 is 2.94 bits per heavy atom. The number of nitrogens with two attached hydrogens (primary N) is 1. The molecule has 1 heterocycles. The van der Waals surface area contributed by atoms with Gasteiger partial charge in [-0.25, -0.2) is 0 Å². The number of hydrogen-bond donors (Lipinski definition) is 1. The van der Waals surface area contributed by atoms with Crippen molar-refractivity contribution in [2.75, 3.05) is 32.1 Å². The molecule has 3 nitrogen and oxygen atoms in total. The van der Waals surface area contributed by atoms with Crippen LogP contribution in [0.2, 0.25) is 5.02 Å². The standard InChI is InChI=1S/C14H21ClN2O/c1-17-8-6-10(5-7-16)9-11-12(15)3-4-13(18-2)14(11)17/h3-4,10H,5-9,16H2,1-2H3. The van der Waals surface area contributed by atoms with Crippen molar-refractivity contribution in [1.29, 1.82) is 0 Å². The highest BCUT2D eigenvalue weighted by molar-refractivity contribution is 6.31. The summed E-state index contributed by atoms with van der Waals surface area (Å²) >= 11 is 6.36. The lowest BCUT2D eigenvalue weighted by atomic mass is 9.94. The number of anilines is 1. The molecule has 0 aromatic heterocycles. The Morgan fingerprint density at radius 1 is 1.50 bits per heavy atom. The maximum absolute atomic E-state index is 6.36. The normalized spacial score (nSPS) is 19.3. The minimum Gasteiger partial charge on any atom is -0.495 e. The number of methoxy groups -OCH3 is 1. The molecule has 1 aliphatic heterocycles. The lowest BCUT2D eigenvalue weighted by molar-refractivity contribution is 0.414. The van der Waals surface area contributed by atoms with Crippen molar-refractivity contribution in [2.24, 2.45) is 11.7 Å². The third-order valence-corrected chi connectivity index (χ3v) is 4.08. The van der Waals surface area contributed by atoms with E-state index < -0.39 is 0 Å². The first-order valence-corrected chi connectivity index (χ1v) is 6.81. The van der Waals surface area contributed by atoms with E-state index in [9.17, 15) is 0 Å². The van der Waals surface area contributed by atoms with Crippen LogP contribution in [0.4, 0.5) is 5.69 Å². The SMILES string of the molecule is COc1ccc(Cl)c2c1N(C)CCC(CCN)C2. The summed E-state index contributed by atoms with van der Waals surface area (Å²) in [5, 5.41) is 0.835. The van der Waals surface area contributed by atoms with Gasteiger partial charge < -0.3 is 15.4 Å². The maximum atomic E-state index is 6.36. The number of benzene rings is 1. The molecule has 1 atom stereocenters. The zero-order valence-corrected chi connectivity index (χ0v) is 11.8. The first kappa shape index (κ1) is 13.5. The second kappa shape index (κ2) is 5.81. The van der Waals surface area contributed by atoms with Gasteiger partial charge >= 0.3 is 0 Å². The molecule has 18 heavy (non-hydrogen) atoms. The van der Waals surface area contributed by atoms with Crippen molar-refractivity contribution >= 4 is 17.3 Å². The van der Waals surface area contributed by atoms with E-state index >= 15 is 0 Å². The molecule has 100 valence electrons. The van der Waals surface area contributed by atoms with Gasteiger partial charge in [0.15, 0.2) is 0 Å². The minimum absolute atomic E-state index is 0.614. The van der Waals surface area contributed by atoms with Crippen LogP contribution in [0.5, 0.6) is 5.75 Å². The predicted octanol–water partition coefficient (Wildman–Crippen LogP) is 2.70. The second-order valence-electron chi connectivity index (χ2n) is 4.93. The predicted molar refractivity (Wildman–Crippen MR) is 76.8 cm³/mol. The van der Waals surface area contributed by atoms with Gasteiger partial charge in [0, 0.05) is 18.6 Å². The Morgan fingerprint density at radius 2 is 2.28 bits per heavy atom. The molecule has 0 radical (unpaired) electrons. The lowest BCUT2D eigenvalue weighted by Crippen LogP contribution is -2.20. The van der Waals surface area contributed by atoms with Crippen LogP contribution in [0.1, 0.15) is 18.4 Å². The Balaban J connectivity index is 2.42. The van der Waals surface area contributed by atoms with Gasteiger partial charge in [0.2, 0.25) is 0 Å². The molecule has 0 bridgehead atoms. The Kier molecular flexibility index (Phi) is 4.36. The fraction of sp³-hybridized carbons (Fsp3) is 0.571. The molecular formula is C14H21ClN2O. The van der Waals surface area contributed by atoms with E-state index in [-0.39, 0.29) is 0 Å². The molecule has 0 saturated heterocycles. The third kappa shape index (κ3) is 2.57. The van der Waals surface area contributed by atoms with Crippen LogP contribution in [0.15, 0.2) is 12.1 Å². The van der Waals surface area contributed by atoms with Gasteiger partial charge in [0.25, 0.3) is 0 Å². The fourth-order valence-corrected chi connectivity index (χ4v) is 2.96. The molecular weight excluding hydrogens is 248 g/mol. The summed E-state index contributed by atoms with van der Waals surface area (Å²) in [5.74, 6) is 1.52. The van der Waals surface area contributed by atoms with Crippen LogP contribution >= 0.6 is 11.6 Å². The van der Waals surface area contributed by atoms with E-state index in [0.29, 0.717) is 5.92 Å². The number of fused-ring (bicyclic) bond motifs is 1. The number of nitrogens with zero attached hydrogens (tertiary/aromatic N) is 1. The van der Waals surface area contributed by atoms with Crippen LogP contribution < -0.4 is 15.4 Å². The van der Waals surface area contributed by atoms with E-state index in [0.717, 1.165) is 48.8 Å². The number of rotatable bonds is 3. The van der Waals surface area contributed by atoms with Crippen LogP contribution in [0.25, 0.3) is 0 Å². The summed E-state index contributed by atoms with van der Waals surface area (Å²) in [6.07, 6.45) is 3.20. The monoisotopic (exact) mass is 268 g/mol. The van der Waals surface area contributed by atoms with Gasteiger partial charge in [-0.3, -0.25) is 0 Å². The van der Waals surface area contributed by atoms with E-state index in [2.05, 4.69) is 11.9 Å². The third-order valence-electron chi connectivity index (χ3n) is 3.73. The van der Waals surface area contributed by atoms with Gasteiger partial charge in [0.05, 0.1) is 12.8 Å². The van der Waals surface area contributed by atoms with Crippen LogP contribution in [0, 0.1) is 5.92 Å². The molecule has 1 unspecified atom stereocenters. The quantitative estimate of drug-likeness (QED) is 0.916. The molecule has 1 aliphatic rings. The van der Waals surface area contributed by atoms with Crippen LogP contribution in [0.3, 0.4) is 0 Å². The summed E-state index contributed by atoms with van der Waals surface area (Å²) < 4.78 is 5.46. The van der Waals surface area contributed by atoms with Gasteiger partial charge in [-0.15, -0.1) is 0 Å². The maximum Gasteiger partial charge on any atom is 0.142 e. The van der Waals surface area contributed by atoms with Gasteiger partial charge in [-0.1, -0.05) is 11.6 Å².